The van der Waals surface area contributed by atoms with Gasteiger partial charge >= 0.3 is 5.97 Å². The molecule has 4 rings (SSSR count). The van der Waals surface area contributed by atoms with Crippen LogP contribution in [-0.2, 0) is 38.1 Å². The molecule has 13 atom stereocenters. The number of cyclic esters (lactones) is 1. The fourth-order valence-electron chi connectivity index (χ4n) is 9.63. The van der Waals surface area contributed by atoms with Gasteiger partial charge < -0.3 is 29.0 Å². The number of hydrogen-bond donors (Lipinski definition) is 1. The average Bonchev–Trinajstić information content (AvgIpc) is 3.60. The molecule has 0 aromatic heterocycles. The van der Waals surface area contributed by atoms with Crippen molar-refractivity contribution in [2.24, 2.45) is 46.8 Å². The van der Waals surface area contributed by atoms with Crippen molar-refractivity contribution >= 4 is 23.4 Å². The van der Waals surface area contributed by atoms with Crippen molar-refractivity contribution in [1.82, 2.24) is 4.90 Å². The zero-order valence-electron chi connectivity index (χ0n) is 35.3. The molecule has 3 fully saturated rings. The summed E-state index contributed by atoms with van der Waals surface area (Å²) in [6.07, 6.45) is 7.68. The summed E-state index contributed by atoms with van der Waals surface area (Å²) in [5, 5.41) is 12.0. The number of ether oxygens (including phenoxy) is 4. The highest BCUT2D eigenvalue weighted by Crippen LogP contribution is 2.44. The van der Waals surface area contributed by atoms with E-state index in [9.17, 15) is 24.3 Å². The number of nitrogens with zero attached hydrogens (tertiary/aromatic N) is 1. The number of Topliss-reactive ketones (excluding diaryl/α,β-unsaturated/α-hetero) is 2. The number of amides is 1. The number of fused-ring (bicyclic) bond motifs is 3. The van der Waals surface area contributed by atoms with Crippen LogP contribution in [-0.4, -0.2) is 90.5 Å². The molecule has 306 valence electrons. The Labute approximate surface area is 325 Å². The molecule has 54 heavy (non-hydrogen) atoms. The van der Waals surface area contributed by atoms with Gasteiger partial charge in [0, 0.05) is 44.9 Å². The molecule has 1 N–H and O–H groups in total. The molecule has 1 saturated carbocycles. The summed E-state index contributed by atoms with van der Waals surface area (Å²) < 4.78 is 24.4. The van der Waals surface area contributed by atoms with E-state index in [2.05, 4.69) is 33.8 Å². The molecule has 0 spiro atoms. The Morgan fingerprint density at radius 2 is 1.57 bits per heavy atom. The van der Waals surface area contributed by atoms with Crippen molar-refractivity contribution in [3.63, 3.8) is 0 Å². The summed E-state index contributed by atoms with van der Waals surface area (Å²) in [5.74, 6) is -5.24. The van der Waals surface area contributed by atoms with Crippen molar-refractivity contribution in [2.75, 3.05) is 20.8 Å². The summed E-state index contributed by atoms with van der Waals surface area (Å²) in [6.45, 7) is 21.0. The SMILES string of the molecule is COC1CC(C)C/C(C)=C/C(C)C(=O)CC(C)C(C)C(/C(C)=C/C2CCC(C)C(C)(C)C2)OC(=O)C2CCCN2C(=O)C(=O)C2(O)OC1C(OC)CC2C. The summed E-state index contributed by atoms with van der Waals surface area (Å²) >= 11 is 0. The molecule has 0 radical (unpaired) electrons. The van der Waals surface area contributed by atoms with E-state index in [0.717, 1.165) is 30.4 Å². The Bertz CT molecular complexity index is 1420. The maximum Gasteiger partial charge on any atom is 0.329 e. The molecule has 10 heteroatoms. The van der Waals surface area contributed by atoms with Crippen molar-refractivity contribution in [1.29, 1.82) is 0 Å². The van der Waals surface area contributed by atoms with Crippen LogP contribution in [0.5, 0.6) is 0 Å². The van der Waals surface area contributed by atoms with Gasteiger partial charge in [0.1, 0.15) is 24.0 Å². The van der Waals surface area contributed by atoms with E-state index in [0.29, 0.717) is 43.9 Å². The number of carbonyl (C=O) groups is 4. The number of rotatable bonds is 4. The first kappa shape index (κ1) is 44.3. The third-order valence-electron chi connectivity index (χ3n) is 13.7. The molecule has 3 aliphatic heterocycles. The predicted octanol–water partition coefficient (Wildman–Crippen LogP) is 7.25. The molecular weight excluding hydrogens is 686 g/mol. The van der Waals surface area contributed by atoms with Crippen LogP contribution in [0, 0.1) is 46.8 Å². The fourth-order valence-corrected chi connectivity index (χ4v) is 9.63. The highest BCUT2D eigenvalue weighted by atomic mass is 16.7. The molecule has 0 aromatic carbocycles. The molecule has 10 nitrogen and oxygen atoms in total. The lowest BCUT2D eigenvalue weighted by molar-refractivity contribution is -0.302. The van der Waals surface area contributed by atoms with E-state index < -0.39 is 59.8 Å². The Morgan fingerprint density at radius 1 is 0.926 bits per heavy atom. The van der Waals surface area contributed by atoms with Crippen molar-refractivity contribution in [3.8, 4) is 0 Å². The lowest BCUT2D eigenvalue weighted by atomic mass is 9.65. The topological polar surface area (TPSA) is 129 Å². The van der Waals surface area contributed by atoms with E-state index in [4.69, 9.17) is 18.9 Å². The van der Waals surface area contributed by atoms with Crippen molar-refractivity contribution in [3.05, 3.63) is 23.3 Å². The van der Waals surface area contributed by atoms with Crippen LogP contribution < -0.4 is 0 Å². The van der Waals surface area contributed by atoms with Gasteiger partial charge in [-0.2, -0.15) is 0 Å². The lowest BCUT2D eigenvalue weighted by Crippen LogP contribution is -2.63. The lowest BCUT2D eigenvalue weighted by Gasteiger charge is -2.46. The molecule has 1 aliphatic carbocycles. The molecule has 4 aliphatic rings. The average molecular weight is 758 g/mol. The van der Waals surface area contributed by atoms with Gasteiger partial charge in [-0.1, -0.05) is 73.1 Å². The maximum absolute atomic E-state index is 14.2. The number of ketones is 2. The summed E-state index contributed by atoms with van der Waals surface area (Å²) in [7, 11) is 3.12. The minimum Gasteiger partial charge on any atom is -0.456 e. The molecule has 0 aromatic rings. The molecule has 2 saturated heterocycles. The highest BCUT2D eigenvalue weighted by molar-refractivity contribution is 6.39. The van der Waals surface area contributed by atoms with E-state index in [1.54, 1.807) is 21.1 Å². The first-order valence-corrected chi connectivity index (χ1v) is 20.6. The van der Waals surface area contributed by atoms with Crippen LogP contribution in [0.15, 0.2) is 23.3 Å². The zero-order valence-corrected chi connectivity index (χ0v) is 35.3. The minimum absolute atomic E-state index is 0.100. The molecular formula is C44H71NO9. The number of hydrogen-bond acceptors (Lipinski definition) is 9. The summed E-state index contributed by atoms with van der Waals surface area (Å²) in [5.41, 5.74) is 2.21. The Balaban J connectivity index is 1.73. The smallest absolute Gasteiger partial charge is 0.329 e. The van der Waals surface area contributed by atoms with E-state index in [-0.39, 0.29) is 47.8 Å². The largest absolute Gasteiger partial charge is 0.456 e. The van der Waals surface area contributed by atoms with E-state index in [1.807, 2.05) is 40.7 Å². The van der Waals surface area contributed by atoms with Crippen LogP contribution in [0.25, 0.3) is 0 Å². The third-order valence-corrected chi connectivity index (χ3v) is 13.7. The van der Waals surface area contributed by atoms with Crippen molar-refractivity contribution in [2.45, 2.75) is 163 Å². The second kappa shape index (κ2) is 18.2. The Morgan fingerprint density at radius 3 is 2.20 bits per heavy atom. The monoisotopic (exact) mass is 758 g/mol. The number of methoxy groups -OCH3 is 2. The minimum atomic E-state index is -2.44. The van der Waals surface area contributed by atoms with Gasteiger partial charge in [-0.05, 0) is 99.9 Å². The van der Waals surface area contributed by atoms with Gasteiger partial charge in [0.15, 0.2) is 0 Å². The third kappa shape index (κ3) is 9.93. The van der Waals surface area contributed by atoms with Crippen LogP contribution >= 0.6 is 0 Å². The van der Waals surface area contributed by atoms with Crippen LogP contribution in [0.4, 0.5) is 0 Å². The number of aliphatic hydroxyl groups is 1. The first-order valence-electron chi connectivity index (χ1n) is 20.6. The Kier molecular flexibility index (Phi) is 15.0. The zero-order chi connectivity index (χ0) is 40.3. The summed E-state index contributed by atoms with van der Waals surface area (Å²) in [6, 6.07) is -0.991. The second-order valence-electron chi connectivity index (χ2n) is 18.5. The van der Waals surface area contributed by atoms with Gasteiger partial charge in [-0.15, -0.1) is 0 Å². The maximum atomic E-state index is 14.2. The molecule has 3 heterocycles. The van der Waals surface area contributed by atoms with Gasteiger partial charge in [-0.3, -0.25) is 14.4 Å². The molecule has 2 bridgehead atoms. The quantitative estimate of drug-likeness (QED) is 0.179. The van der Waals surface area contributed by atoms with Gasteiger partial charge in [0.25, 0.3) is 11.7 Å². The Hall–Kier alpha value is -2.40. The number of allylic oxidation sites excluding steroid dienone is 3. The van der Waals surface area contributed by atoms with Gasteiger partial charge in [0.2, 0.25) is 5.79 Å². The van der Waals surface area contributed by atoms with Crippen molar-refractivity contribution < 1.29 is 43.2 Å². The van der Waals surface area contributed by atoms with E-state index in [1.165, 1.54) is 4.90 Å². The van der Waals surface area contributed by atoms with Crippen LogP contribution in [0.1, 0.15) is 127 Å². The number of esters is 1. The standard InChI is InChI=1S/C44H71NO9/c1-25-18-26(2)20-36(51-11)39-37(52-12)23-31(7)44(50,54-39)40(47)41(48)45-17-13-14-34(45)42(49)53-38(32(8)27(3)22-35(46)28(4)19-25)29(5)21-33-16-15-30(6)43(9,10)24-33/h19,21,26-28,30-34,36-39,50H,13-18,20,22-24H2,1-12H3/b25-19+,29-21+. The fraction of sp³-hybridized carbons (Fsp3) is 0.818. The molecule has 1 amide bonds. The van der Waals surface area contributed by atoms with Gasteiger partial charge in [0.05, 0.1) is 12.2 Å². The van der Waals surface area contributed by atoms with E-state index >= 15 is 0 Å². The van der Waals surface area contributed by atoms with Gasteiger partial charge in [-0.25, -0.2) is 4.79 Å². The highest BCUT2D eigenvalue weighted by Gasteiger charge is 2.57. The second-order valence-corrected chi connectivity index (χ2v) is 18.5. The summed E-state index contributed by atoms with van der Waals surface area (Å²) in [4.78, 5) is 57.4. The van der Waals surface area contributed by atoms with Crippen LogP contribution in [0.2, 0.25) is 0 Å². The molecule has 13 unspecified atom stereocenters. The predicted molar refractivity (Wildman–Crippen MR) is 208 cm³/mol. The first-order chi connectivity index (χ1) is 25.2. The van der Waals surface area contributed by atoms with Crippen LogP contribution in [0.3, 0.4) is 0 Å². The normalized spacial score (nSPS) is 42.1. The number of carbonyl (C=O) groups excluding carboxylic acids is 4.